The minimum atomic E-state index is -1.53. The minimum Gasteiger partial charge on any atom is -0.275 e. The number of hydrogen-bond acceptors (Lipinski definition) is 5. The van der Waals surface area contributed by atoms with Crippen LogP contribution in [0.1, 0.15) is 75.3 Å². The van der Waals surface area contributed by atoms with Crippen molar-refractivity contribution in [1.29, 1.82) is 0 Å². The summed E-state index contributed by atoms with van der Waals surface area (Å²) in [4.78, 5) is 52.6. The van der Waals surface area contributed by atoms with Gasteiger partial charge in [-0.25, -0.2) is 0 Å². The van der Waals surface area contributed by atoms with Gasteiger partial charge in [-0.3, -0.25) is 4.79 Å². The van der Waals surface area contributed by atoms with Gasteiger partial charge in [0, 0.05) is 19.4 Å². The molecule has 1 aromatic carbocycles. The van der Waals surface area contributed by atoms with Crippen molar-refractivity contribution in [3.8, 4) is 5.75 Å². The third kappa shape index (κ3) is 8.83. The first-order valence-electron chi connectivity index (χ1n) is 15.9. The van der Waals surface area contributed by atoms with E-state index in [0.717, 1.165) is 81.5 Å². The number of carbonyl (C=O) groups excluding carboxylic acids is 2. The average molecular weight is 699 g/mol. The van der Waals surface area contributed by atoms with Crippen molar-refractivity contribution in [3.05, 3.63) is 29.3 Å². The van der Waals surface area contributed by atoms with Gasteiger partial charge in [0.1, 0.15) is 5.75 Å². The molecule has 0 aromatic heterocycles. The van der Waals surface area contributed by atoms with Gasteiger partial charge in [0.25, 0.3) is 0 Å². The third-order valence-electron chi connectivity index (χ3n) is 9.14. The predicted molar refractivity (Wildman–Crippen MR) is 163 cm³/mol. The molecule has 0 radical (unpaired) electrons. The van der Waals surface area contributed by atoms with Crippen LogP contribution in [0.15, 0.2) is 18.2 Å². The zero-order chi connectivity index (χ0) is 30.3. The molecule has 3 aliphatic rings. The fraction of sp³-hybridized carbons (Fsp3) is 0.727. The van der Waals surface area contributed by atoms with Gasteiger partial charge < -0.3 is 4.74 Å². The average Bonchev–Trinajstić information content (AvgIpc) is 3.55. The summed E-state index contributed by atoms with van der Waals surface area (Å²) in [5, 5.41) is 10.6. The van der Waals surface area contributed by atoms with E-state index in [-0.39, 0.29) is 30.3 Å². The molecular formula is C33H53IN3O5-. The Labute approximate surface area is 257 Å². The molecule has 238 valence electrons. The van der Waals surface area contributed by atoms with Crippen molar-refractivity contribution >= 4 is 17.8 Å². The maximum atomic E-state index is 13.8. The molecule has 0 saturated carbocycles. The number of alkyl halides is 4. The molecule has 4 rings (SSSR count). The van der Waals surface area contributed by atoms with E-state index in [4.69, 9.17) is 4.74 Å². The number of carboxylic acid groups (broad SMARTS) is 1. The van der Waals surface area contributed by atoms with Crippen LogP contribution in [0, 0.1) is 5.92 Å². The summed E-state index contributed by atoms with van der Waals surface area (Å²) in [6.07, 6.45) is 8.07. The van der Waals surface area contributed by atoms with Crippen molar-refractivity contribution in [2.45, 2.75) is 76.7 Å². The number of carbonyl (C=O) groups is 3. The summed E-state index contributed by atoms with van der Waals surface area (Å²) in [5.41, 5.74) is 2.14. The molecule has 0 spiro atoms. The summed E-state index contributed by atoms with van der Waals surface area (Å²) >= 11 is -1.53. The zero-order valence-electron chi connectivity index (χ0n) is 26.3. The summed E-state index contributed by atoms with van der Waals surface area (Å²) in [6, 6.07) is 5.79. The van der Waals surface area contributed by atoms with E-state index in [2.05, 4.69) is 32.7 Å². The van der Waals surface area contributed by atoms with Gasteiger partial charge in [0.2, 0.25) is 5.91 Å². The molecule has 2 amide bonds. The molecule has 0 aliphatic carbocycles. The number of carboxylic acids is 1. The second-order valence-corrected chi connectivity index (χ2v) is 25.3. The van der Waals surface area contributed by atoms with Gasteiger partial charge in [-0.2, -0.15) is 0 Å². The van der Waals surface area contributed by atoms with Crippen LogP contribution in [-0.2, 0) is 20.8 Å². The smallest absolute Gasteiger partial charge is 0.275 e. The fourth-order valence-electron chi connectivity index (χ4n) is 6.80. The first-order valence-corrected chi connectivity index (χ1v) is 23.9. The molecule has 9 heteroatoms. The second-order valence-electron chi connectivity index (χ2n) is 13.1. The summed E-state index contributed by atoms with van der Waals surface area (Å²) in [7, 11) is 0. The van der Waals surface area contributed by atoms with E-state index in [1.54, 1.807) is 0 Å². The molecular weight excluding hydrogens is 645 g/mol. The van der Waals surface area contributed by atoms with E-state index < -0.39 is 30.3 Å². The summed E-state index contributed by atoms with van der Waals surface area (Å²) < 4.78 is 7.01. The Morgan fingerprint density at radius 3 is 2.60 bits per heavy atom. The van der Waals surface area contributed by atoms with Crippen LogP contribution in [0.2, 0.25) is 0 Å². The standard InChI is InChI=1S/C33H53IN3O5/c1-5-6-17-35(19-10-8-16-34(2,3)4)31(39)24-37-23-27(25-12-13-29-26(22-25)15-21-42-29)32(33(40)41)28(37)14-20-36-18-9-7-11-30(36)38/h12-13,22,27-28,32H,5-11,14-21,23-24H2,1-4H3,(H,40,41)/q-1/t27-,28+,32-/m1/s1. The Hall–Kier alpha value is -1.88. The molecule has 8 nitrogen and oxygen atoms in total. The monoisotopic (exact) mass is 698 g/mol. The number of piperidine rings is 1. The van der Waals surface area contributed by atoms with Crippen molar-refractivity contribution in [1.82, 2.24) is 14.7 Å². The zero-order valence-corrected chi connectivity index (χ0v) is 28.4. The number of ether oxygens (including phenoxy) is 1. The van der Waals surface area contributed by atoms with Crippen LogP contribution in [0.25, 0.3) is 0 Å². The van der Waals surface area contributed by atoms with Crippen molar-refractivity contribution in [2.75, 3.05) is 65.1 Å². The number of hydrogen-bond donors (Lipinski definition) is 1. The molecule has 0 unspecified atom stereocenters. The molecule has 3 aliphatic heterocycles. The second kappa shape index (κ2) is 15.2. The van der Waals surface area contributed by atoms with Crippen molar-refractivity contribution in [2.24, 2.45) is 5.92 Å². The molecule has 3 atom stereocenters. The van der Waals surface area contributed by atoms with E-state index in [1.807, 2.05) is 21.9 Å². The minimum absolute atomic E-state index is 0.103. The molecule has 2 fully saturated rings. The molecule has 1 aromatic rings. The Morgan fingerprint density at radius 1 is 1.10 bits per heavy atom. The first kappa shape index (κ1) is 33.0. The normalized spacial score (nSPS) is 23.1. The number of halogens is 1. The van der Waals surface area contributed by atoms with Crippen LogP contribution >= 0.6 is 0 Å². The number of aliphatic carboxylic acids is 1. The predicted octanol–water partition coefficient (Wildman–Crippen LogP) is 0.951. The van der Waals surface area contributed by atoms with Crippen molar-refractivity contribution in [3.63, 3.8) is 0 Å². The molecule has 3 heterocycles. The number of fused-ring (bicyclic) bond motifs is 1. The van der Waals surface area contributed by atoms with Crippen LogP contribution < -0.4 is 23.2 Å². The fourth-order valence-corrected chi connectivity index (χ4v) is 9.62. The Balaban J connectivity index is 1.53. The number of benzene rings is 1. The topological polar surface area (TPSA) is 90.4 Å². The Morgan fingerprint density at radius 2 is 1.88 bits per heavy atom. The molecule has 2 saturated heterocycles. The number of amides is 2. The number of rotatable bonds is 15. The number of unbranched alkanes of at least 4 members (excludes halogenated alkanes) is 2. The maximum absolute atomic E-state index is 13.8. The quantitative estimate of drug-likeness (QED) is 0.167. The van der Waals surface area contributed by atoms with Gasteiger partial charge in [-0.1, -0.05) is 0 Å². The number of nitrogens with zero attached hydrogens (tertiary/aromatic N) is 3. The third-order valence-corrected chi connectivity index (χ3v) is 13.1. The SMILES string of the molecule is CCCCN(CCCC[I-](C)(C)C)C(=O)CN1C[C@H](c2ccc3c(c2)CCO3)[C@@H](C(=O)O)[C@@H]1CCN1CCCCC1=O. The van der Waals surface area contributed by atoms with Gasteiger partial charge >= 0.3 is 186 Å². The van der Waals surface area contributed by atoms with E-state index in [0.29, 0.717) is 32.5 Å². The summed E-state index contributed by atoms with van der Waals surface area (Å²) in [5.74, 6) is -0.527. The van der Waals surface area contributed by atoms with E-state index in [9.17, 15) is 19.5 Å². The van der Waals surface area contributed by atoms with Gasteiger partial charge in [-0.05, 0) is 24.5 Å². The van der Waals surface area contributed by atoms with E-state index in [1.165, 1.54) is 4.43 Å². The van der Waals surface area contributed by atoms with Crippen LogP contribution in [-0.4, -0.2) is 109 Å². The van der Waals surface area contributed by atoms with Crippen LogP contribution in [0.3, 0.4) is 0 Å². The Kier molecular flexibility index (Phi) is 12.0. The van der Waals surface area contributed by atoms with E-state index >= 15 is 0 Å². The van der Waals surface area contributed by atoms with Gasteiger partial charge in [-0.15, -0.1) is 0 Å². The number of likely N-dealkylation sites (tertiary alicyclic amines) is 2. The van der Waals surface area contributed by atoms with Crippen molar-refractivity contribution < 1.29 is 42.7 Å². The molecule has 0 bridgehead atoms. The summed E-state index contributed by atoms with van der Waals surface area (Å²) in [6.45, 7) is 6.37. The van der Waals surface area contributed by atoms with Gasteiger partial charge in [0.15, 0.2) is 0 Å². The molecule has 42 heavy (non-hydrogen) atoms. The first-order chi connectivity index (χ1) is 20.1. The van der Waals surface area contributed by atoms with Crippen LogP contribution in [0.4, 0.5) is 0 Å². The van der Waals surface area contributed by atoms with Crippen LogP contribution in [0.5, 0.6) is 5.75 Å². The Bertz CT molecular complexity index is 1090. The molecule has 1 N–H and O–H groups in total. The van der Waals surface area contributed by atoms with Gasteiger partial charge in [0.05, 0.1) is 6.61 Å².